The van der Waals surface area contributed by atoms with Gasteiger partial charge in [0.15, 0.2) is 0 Å². The number of benzene rings is 2. The molecule has 0 aliphatic rings. The first kappa shape index (κ1) is 13.7. The number of halogens is 1. The van der Waals surface area contributed by atoms with E-state index in [1.807, 2.05) is 24.3 Å². The fourth-order valence-corrected chi connectivity index (χ4v) is 2.55. The van der Waals surface area contributed by atoms with Gasteiger partial charge in [-0.1, -0.05) is 34.3 Å². The van der Waals surface area contributed by atoms with Crippen LogP contribution in [0.25, 0.3) is 10.4 Å². The molecule has 3 rings (SSSR count). The predicted molar refractivity (Wildman–Crippen MR) is 84.8 cm³/mol. The molecule has 0 saturated carbocycles. The molecule has 0 unspecified atom stereocenters. The van der Waals surface area contributed by atoms with Crippen molar-refractivity contribution in [1.82, 2.24) is 9.59 Å². The number of carbonyl (C=O) groups excluding carboxylic acids is 1. The molecular formula is C15H10ClN3OS. The molecule has 1 amide bonds. The quantitative estimate of drug-likeness (QED) is 0.791. The molecule has 0 fully saturated rings. The van der Waals surface area contributed by atoms with Crippen molar-refractivity contribution in [3.05, 3.63) is 65.3 Å². The van der Waals surface area contributed by atoms with Crippen LogP contribution in [0.3, 0.4) is 0 Å². The molecule has 104 valence electrons. The maximum absolute atomic E-state index is 12.1. The number of hydrogen-bond acceptors (Lipinski definition) is 4. The van der Waals surface area contributed by atoms with Crippen LogP contribution in [-0.4, -0.2) is 15.5 Å². The lowest BCUT2D eigenvalue weighted by Crippen LogP contribution is -2.11. The first-order chi connectivity index (χ1) is 10.2. The molecule has 1 N–H and O–H groups in total. The van der Waals surface area contributed by atoms with E-state index in [1.165, 1.54) is 11.5 Å². The highest BCUT2D eigenvalue weighted by atomic mass is 35.5. The van der Waals surface area contributed by atoms with Crippen molar-refractivity contribution >= 4 is 34.7 Å². The van der Waals surface area contributed by atoms with Gasteiger partial charge in [-0.2, -0.15) is 0 Å². The molecule has 0 saturated heterocycles. The summed E-state index contributed by atoms with van der Waals surface area (Å²) in [6.45, 7) is 0. The van der Waals surface area contributed by atoms with Crippen molar-refractivity contribution in [1.29, 1.82) is 0 Å². The van der Waals surface area contributed by atoms with E-state index in [1.54, 1.807) is 30.5 Å². The fourth-order valence-electron chi connectivity index (χ4n) is 1.85. The van der Waals surface area contributed by atoms with Crippen molar-refractivity contribution < 1.29 is 4.79 Å². The topological polar surface area (TPSA) is 54.9 Å². The van der Waals surface area contributed by atoms with Crippen LogP contribution in [0.2, 0.25) is 5.02 Å². The van der Waals surface area contributed by atoms with Crippen LogP contribution in [0.4, 0.5) is 5.69 Å². The van der Waals surface area contributed by atoms with Crippen LogP contribution in [-0.2, 0) is 0 Å². The Morgan fingerprint density at radius 1 is 1.14 bits per heavy atom. The highest BCUT2D eigenvalue weighted by Crippen LogP contribution is 2.23. The summed E-state index contributed by atoms with van der Waals surface area (Å²) in [5.74, 6) is -0.190. The Morgan fingerprint density at radius 3 is 2.62 bits per heavy atom. The van der Waals surface area contributed by atoms with Gasteiger partial charge >= 0.3 is 0 Å². The maximum Gasteiger partial charge on any atom is 0.255 e. The summed E-state index contributed by atoms with van der Waals surface area (Å²) >= 11 is 7.21. The third-order valence-corrected chi connectivity index (χ3v) is 3.82. The summed E-state index contributed by atoms with van der Waals surface area (Å²) in [6.07, 6.45) is 1.71. The van der Waals surface area contributed by atoms with E-state index in [-0.39, 0.29) is 5.91 Å². The molecule has 1 aromatic heterocycles. The van der Waals surface area contributed by atoms with Crippen LogP contribution in [0.5, 0.6) is 0 Å². The molecule has 0 spiro atoms. The number of nitrogens with zero attached hydrogens (tertiary/aromatic N) is 2. The Bertz CT molecular complexity index is 757. The van der Waals surface area contributed by atoms with Crippen LogP contribution in [0.1, 0.15) is 10.4 Å². The van der Waals surface area contributed by atoms with Gasteiger partial charge in [-0.3, -0.25) is 4.79 Å². The third kappa shape index (κ3) is 3.26. The Kier molecular flexibility index (Phi) is 3.94. The van der Waals surface area contributed by atoms with Crippen molar-refractivity contribution in [2.45, 2.75) is 0 Å². The Hall–Kier alpha value is -2.24. The van der Waals surface area contributed by atoms with Gasteiger partial charge in [0.1, 0.15) is 0 Å². The number of carbonyl (C=O) groups is 1. The first-order valence-corrected chi connectivity index (χ1v) is 7.32. The van der Waals surface area contributed by atoms with Gasteiger partial charge in [0.2, 0.25) is 0 Å². The molecule has 0 aliphatic carbocycles. The zero-order valence-corrected chi connectivity index (χ0v) is 12.4. The zero-order valence-electron chi connectivity index (χ0n) is 10.8. The molecule has 3 aromatic rings. The lowest BCUT2D eigenvalue weighted by atomic mass is 10.1. The van der Waals surface area contributed by atoms with E-state index >= 15 is 0 Å². The second-order valence-electron chi connectivity index (χ2n) is 4.32. The van der Waals surface area contributed by atoms with Crippen molar-refractivity contribution in [2.75, 3.05) is 5.32 Å². The summed E-state index contributed by atoms with van der Waals surface area (Å²) < 4.78 is 3.83. The van der Waals surface area contributed by atoms with Gasteiger partial charge < -0.3 is 5.32 Å². The first-order valence-electron chi connectivity index (χ1n) is 6.17. The van der Waals surface area contributed by atoms with Crippen molar-refractivity contribution in [3.8, 4) is 10.4 Å². The fraction of sp³-hybridized carbons (Fsp3) is 0. The SMILES string of the molecule is O=C(Nc1ccc(-c2cnns2)cc1)c1cccc(Cl)c1. The molecule has 4 nitrogen and oxygen atoms in total. The molecule has 0 atom stereocenters. The smallest absolute Gasteiger partial charge is 0.255 e. The van der Waals surface area contributed by atoms with E-state index in [4.69, 9.17) is 11.6 Å². The molecule has 6 heteroatoms. The summed E-state index contributed by atoms with van der Waals surface area (Å²) in [5, 5.41) is 7.17. The van der Waals surface area contributed by atoms with Crippen LogP contribution in [0.15, 0.2) is 54.7 Å². The van der Waals surface area contributed by atoms with E-state index in [0.717, 1.165) is 16.1 Å². The predicted octanol–water partition coefficient (Wildman–Crippen LogP) is 4.11. The van der Waals surface area contributed by atoms with Gasteiger partial charge in [0.25, 0.3) is 5.91 Å². The molecule has 0 radical (unpaired) electrons. The second-order valence-corrected chi connectivity index (χ2v) is 5.55. The lowest BCUT2D eigenvalue weighted by molar-refractivity contribution is 0.102. The van der Waals surface area contributed by atoms with E-state index in [9.17, 15) is 4.79 Å². The second kappa shape index (κ2) is 6.03. The minimum Gasteiger partial charge on any atom is -0.322 e. The number of amides is 1. The molecule has 0 bridgehead atoms. The summed E-state index contributed by atoms with van der Waals surface area (Å²) in [7, 11) is 0. The highest BCUT2D eigenvalue weighted by molar-refractivity contribution is 7.09. The number of aromatic nitrogens is 2. The average molecular weight is 316 g/mol. The Morgan fingerprint density at radius 2 is 1.95 bits per heavy atom. The standard InChI is InChI=1S/C15H10ClN3OS/c16-12-3-1-2-11(8-12)15(20)18-13-6-4-10(5-7-13)14-9-17-19-21-14/h1-9H,(H,18,20). The van der Waals surface area contributed by atoms with Gasteiger partial charge in [0.05, 0.1) is 11.1 Å². The largest absolute Gasteiger partial charge is 0.322 e. The van der Waals surface area contributed by atoms with Crippen molar-refractivity contribution in [3.63, 3.8) is 0 Å². The van der Waals surface area contributed by atoms with Crippen LogP contribution < -0.4 is 5.32 Å². The number of nitrogens with one attached hydrogen (secondary N) is 1. The minimum absolute atomic E-state index is 0.190. The van der Waals surface area contributed by atoms with E-state index in [0.29, 0.717) is 10.6 Å². The third-order valence-electron chi connectivity index (χ3n) is 2.88. The van der Waals surface area contributed by atoms with Gasteiger partial charge in [-0.25, -0.2) is 0 Å². The Balaban J connectivity index is 1.75. The summed E-state index contributed by atoms with van der Waals surface area (Å²) in [5.41, 5.74) is 2.27. The number of rotatable bonds is 3. The van der Waals surface area contributed by atoms with Gasteiger partial charge in [-0.15, -0.1) is 5.10 Å². The Labute approximate surface area is 130 Å². The molecular weight excluding hydrogens is 306 g/mol. The maximum atomic E-state index is 12.1. The molecule has 1 heterocycles. The van der Waals surface area contributed by atoms with E-state index in [2.05, 4.69) is 14.9 Å². The number of anilines is 1. The lowest BCUT2D eigenvalue weighted by Gasteiger charge is -2.06. The highest BCUT2D eigenvalue weighted by Gasteiger charge is 2.07. The van der Waals surface area contributed by atoms with Gasteiger partial charge in [0, 0.05) is 16.3 Å². The van der Waals surface area contributed by atoms with Crippen LogP contribution in [0, 0.1) is 0 Å². The minimum atomic E-state index is -0.190. The molecule has 2 aromatic carbocycles. The van der Waals surface area contributed by atoms with Crippen LogP contribution >= 0.6 is 23.1 Å². The molecule has 21 heavy (non-hydrogen) atoms. The van der Waals surface area contributed by atoms with Gasteiger partial charge in [-0.05, 0) is 47.4 Å². The monoisotopic (exact) mass is 315 g/mol. The molecule has 0 aliphatic heterocycles. The normalized spacial score (nSPS) is 10.3. The number of hydrogen-bond donors (Lipinski definition) is 1. The summed E-state index contributed by atoms with van der Waals surface area (Å²) in [6, 6.07) is 14.4. The van der Waals surface area contributed by atoms with E-state index < -0.39 is 0 Å². The average Bonchev–Trinajstić information content (AvgIpc) is 3.02. The summed E-state index contributed by atoms with van der Waals surface area (Å²) in [4.78, 5) is 13.1. The zero-order chi connectivity index (χ0) is 14.7. The van der Waals surface area contributed by atoms with Crippen molar-refractivity contribution in [2.24, 2.45) is 0 Å².